The molecule has 0 saturated carbocycles. The van der Waals surface area contributed by atoms with E-state index in [0.717, 1.165) is 19.4 Å². The fourth-order valence-electron chi connectivity index (χ4n) is 3.03. The average molecular weight is 277 g/mol. The molecule has 0 bridgehead atoms. The number of hydrogen-bond acceptors (Lipinski definition) is 3. The topological polar surface area (TPSA) is 32.7 Å². The smallest absolute Gasteiger partial charge is 0.0900 e. The Hall–Kier alpha value is -0.900. The van der Waals surface area contributed by atoms with E-state index >= 15 is 0 Å². The first kappa shape index (κ1) is 15.5. The molecule has 1 aliphatic heterocycles. The molecule has 1 heterocycles. The van der Waals surface area contributed by atoms with Crippen molar-refractivity contribution in [3.05, 3.63) is 35.4 Å². The molecule has 112 valence electrons. The molecule has 2 rings (SSSR count). The predicted molar refractivity (Wildman–Crippen MR) is 81.8 cm³/mol. The molecule has 3 heteroatoms. The number of nitrogens with zero attached hydrogens (tertiary/aromatic N) is 1. The number of ether oxygens (including phenoxy) is 1. The van der Waals surface area contributed by atoms with E-state index in [0.29, 0.717) is 19.2 Å². The van der Waals surface area contributed by atoms with Crippen LogP contribution >= 0.6 is 0 Å². The Bertz CT molecular complexity index is 419. The normalized spacial score (nSPS) is 20.9. The molecule has 1 aromatic rings. The standard InChI is InChI=1S/C17H27NO2/c1-4-17-16-8-6-5-7-14(16)9-10-18(17)11-15(19)12-20-13(2)3/h5-8,13,15,17,19H,4,9-12H2,1-3H3. The van der Waals surface area contributed by atoms with Crippen LogP contribution in [0.4, 0.5) is 0 Å². The Morgan fingerprint density at radius 3 is 2.80 bits per heavy atom. The lowest BCUT2D eigenvalue weighted by atomic mass is 9.91. The van der Waals surface area contributed by atoms with Gasteiger partial charge in [0.05, 0.1) is 18.8 Å². The second-order valence-corrected chi connectivity index (χ2v) is 5.90. The van der Waals surface area contributed by atoms with Gasteiger partial charge in [-0.15, -0.1) is 0 Å². The van der Waals surface area contributed by atoms with Gasteiger partial charge in [0.25, 0.3) is 0 Å². The summed E-state index contributed by atoms with van der Waals surface area (Å²) in [6.07, 6.45) is 1.92. The number of aliphatic hydroxyl groups excluding tert-OH is 1. The molecule has 20 heavy (non-hydrogen) atoms. The van der Waals surface area contributed by atoms with Crippen LogP contribution < -0.4 is 0 Å². The summed E-state index contributed by atoms with van der Waals surface area (Å²) in [4.78, 5) is 2.40. The van der Waals surface area contributed by atoms with Crippen molar-refractivity contribution in [3.8, 4) is 0 Å². The van der Waals surface area contributed by atoms with Crippen molar-refractivity contribution >= 4 is 0 Å². The Morgan fingerprint density at radius 1 is 1.35 bits per heavy atom. The summed E-state index contributed by atoms with van der Waals surface area (Å²) in [6.45, 7) is 8.36. The minimum Gasteiger partial charge on any atom is -0.389 e. The fraction of sp³-hybridized carbons (Fsp3) is 0.647. The van der Waals surface area contributed by atoms with Crippen LogP contribution in [-0.2, 0) is 11.2 Å². The SMILES string of the molecule is CCC1c2ccccc2CCN1CC(O)COC(C)C. The molecule has 1 aliphatic rings. The van der Waals surface area contributed by atoms with Gasteiger partial charge in [-0.05, 0) is 37.8 Å². The maximum atomic E-state index is 10.1. The zero-order valence-corrected chi connectivity index (χ0v) is 12.9. The first-order valence-electron chi connectivity index (χ1n) is 7.73. The van der Waals surface area contributed by atoms with Gasteiger partial charge in [-0.3, -0.25) is 4.90 Å². The van der Waals surface area contributed by atoms with Gasteiger partial charge in [0.1, 0.15) is 0 Å². The Morgan fingerprint density at radius 2 is 2.10 bits per heavy atom. The molecule has 0 saturated heterocycles. The van der Waals surface area contributed by atoms with Gasteiger partial charge in [-0.25, -0.2) is 0 Å². The number of hydrogen-bond donors (Lipinski definition) is 1. The third-order valence-corrected chi connectivity index (χ3v) is 3.98. The first-order chi connectivity index (χ1) is 9.61. The van der Waals surface area contributed by atoms with Gasteiger partial charge in [0.2, 0.25) is 0 Å². The summed E-state index contributed by atoms with van der Waals surface area (Å²) in [7, 11) is 0. The molecule has 0 aromatic heterocycles. The molecule has 0 amide bonds. The summed E-state index contributed by atoms with van der Waals surface area (Å²) in [5.74, 6) is 0. The second-order valence-electron chi connectivity index (χ2n) is 5.90. The van der Waals surface area contributed by atoms with Crippen LogP contribution in [0.15, 0.2) is 24.3 Å². The molecule has 0 aliphatic carbocycles. The largest absolute Gasteiger partial charge is 0.389 e. The van der Waals surface area contributed by atoms with Gasteiger partial charge in [0, 0.05) is 19.1 Å². The van der Waals surface area contributed by atoms with Crippen molar-refractivity contribution in [1.29, 1.82) is 0 Å². The maximum absolute atomic E-state index is 10.1. The fourth-order valence-corrected chi connectivity index (χ4v) is 3.03. The summed E-state index contributed by atoms with van der Waals surface area (Å²) < 4.78 is 5.51. The molecular weight excluding hydrogens is 250 g/mol. The average Bonchev–Trinajstić information content (AvgIpc) is 2.45. The van der Waals surface area contributed by atoms with Gasteiger partial charge in [0.15, 0.2) is 0 Å². The van der Waals surface area contributed by atoms with Crippen LogP contribution in [0, 0.1) is 0 Å². The van der Waals surface area contributed by atoms with Gasteiger partial charge < -0.3 is 9.84 Å². The highest BCUT2D eigenvalue weighted by Gasteiger charge is 2.27. The molecule has 2 atom stereocenters. The van der Waals surface area contributed by atoms with Crippen LogP contribution in [0.25, 0.3) is 0 Å². The lowest BCUT2D eigenvalue weighted by Crippen LogP contribution is -2.41. The van der Waals surface area contributed by atoms with E-state index < -0.39 is 6.10 Å². The lowest BCUT2D eigenvalue weighted by molar-refractivity contribution is -0.0159. The number of fused-ring (bicyclic) bond motifs is 1. The number of β-amino-alcohol motifs (C(OH)–C–C–N with tert-alkyl or cyclic N) is 1. The van der Waals surface area contributed by atoms with Crippen molar-refractivity contribution in [2.24, 2.45) is 0 Å². The third-order valence-electron chi connectivity index (χ3n) is 3.98. The van der Waals surface area contributed by atoms with Crippen molar-refractivity contribution in [1.82, 2.24) is 4.90 Å². The van der Waals surface area contributed by atoms with Gasteiger partial charge >= 0.3 is 0 Å². The summed E-state index contributed by atoms with van der Waals surface area (Å²) in [5.41, 5.74) is 2.89. The van der Waals surface area contributed by atoms with E-state index in [4.69, 9.17) is 4.74 Å². The zero-order chi connectivity index (χ0) is 14.5. The number of rotatable bonds is 6. The van der Waals surface area contributed by atoms with Crippen LogP contribution in [0.2, 0.25) is 0 Å². The highest BCUT2D eigenvalue weighted by Crippen LogP contribution is 2.31. The molecule has 0 spiro atoms. The molecular formula is C17H27NO2. The van der Waals surface area contributed by atoms with E-state index in [1.54, 1.807) is 0 Å². The Labute approximate surface area is 122 Å². The molecule has 1 N–H and O–H groups in total. The summed E-state index contributed by atoms with van der Waals surface area (Å²) >= 11 is 0. The molecule has 3 nitrogen and oxygen atoms in total. The third kappa shape index (κ3) is 3.81. The van der Waals surface area contributed by atoms with Gasteiger partial charge in [-0.1, -0.05) is 31.2 Å². The van der Waals surface area contributed by atoms with Crippen LogP contribution in [0.5, 0.6) is 0 Å². The zero-order valence-electron chi connectivity index (χ0n) is 12.9. The van der Waals surface area contributed by atoms with Crippen molar-refractivity contribution in [3.63, 3.8) is 0 Å². The van der Waals surface area contributed by atoms with Crippen LogP contribution in [0.3, 0.4) is 0 Å². The number of aliphatic hydroxyl groups is 1. The minimum atomic E-state index is -0.406. The molecule has 2 unspecified atom stereocenters. The monoisotopic (exact) mass is 277 g/mol. The van der Waals surface area contributed by atoms with Crippen molar-refractivity contribution in [2.75, 3.05) is 19.7 Å². The molecule has 0 radical (unpaired) electrons. The lowest BCUT2D eigenvalue weighted by Gasteiger charge is -2.38. The number of benzene rings is 1. The Balaban J connectivity index is 1.99. The quantitative estimate of drug-likeness (QED) is 0.868. The highest BCUT2D eigenvalue weighted by molar-refractivity contribution is 5.32. The van der Waals surface area contributed by atoms with Crippen LogP contribution in [-0.4, -0.2) is 41.9 Å². The predicted octanol–water partition coefficient (Wildman–Crippen LogP) is 2.78. The van der Waals surface area contributed by atoms with Crippen LogP contribution in [0.1, 0.15) is 44.4 Å². The minimum absolute atomic E-state index is 0.175. The van der Waals surface area contributed by atoms with E-state index in [9.17, 15) is 5.11 Å². The molecule has 0 fully saturated rings. The molecule has 1 aromatic carbocycles. The first-order valence-corrected chi connectivity index (χ1v) is 7.73. The van der Waals surface area contributed by atoms with Crippen molar-refractivity contribution < 1.29 is 9.84 Å². The van der Waals surface area contributed by atoms with E-state index in [-0.39, 0.29) is 6.10 Å². The highest BCUT2D eigenvalue weighted by atomic mass is 16.5. The summed E-state index contributed by atoms with van der Waals surface area (Å²) in [6, 6.07) is 9.12. The Kier molecular flexibility index (Phi) is 5.58. The van der Waals surface area contributed by atoms with E-state index in [2.05, 4.69) is 36.1 Å². The van der Waals surface area contributed by atoms with E-state index in [1.807, 2.05) is 13.8 Å². The van der Waals surface area contributed by atoms with Crippen molar-refractivity contribution in [2.45, 2.75) is 51.9 Å². The summed E-state index contributed by atoms with van der Waals surface area (Å²) in [5, 5.41) is 10.1. The second kappa shape index (κ2) is 7.21. The maximum Gasteiger partial charge on any atom is 0.0900 e. The van der Waals surface area contributed by atoms with Gasteiger partial charge in [-0.2, -0.15) is 0 Å². The van der Waals surface area contributed by atoms with E-state index in [1.165, 1.54) is 11.1 Å².